The highest BCUT2D eigenvalue weighted by Crippen LogP contribution is 2.29. The first-order valence-electron chi connectivity index (χ1n) is 7.62. The summed E-state index contributed by atoms with van der Waals surface area (Å²) in [4.78, 5) is 12.1. The molecule has 2 aromatic rings. The van der Waals surface area contributed by atoms with Gasteiger partial charge in [0, 0.05) is 11.3 Å². The van der Waals surface area contributed by atoms with Crippen molar-refractivity contribution in [3.63, 3.8) is 0 Å². The van der Waals surface area contributed by atoms with Crippen molar-refractivity contribution in [1.29, 1.82) is 0 Å². The Hall–Kier alpha value is -2.34. The van der Waals surface area contributed by atoms with Crippen LogP contribution in [0, 0.1) is 6.92 Å². The number of alkyl halides is 3. The van der Waals surface area contributed by atoms with Crippen molar-refractivity contribution in [2.75, 3.05) is 5.32 Å². The molecule has 2 aromatic carbocycles. The molecule has 3 N–H and O–H groups in total. The molecule has 0 saturated carbocycles. The highest BCUT2D eigenvalue weighted by atomic mass is 19.4. The number of hydrogen-bond acceptors (Lipinski definition) is 1. The Morgan fingerprint density at radius 1 is 1.17 bits per heavy atom. The Morgan fingerprint density at radius 3 is 2.46 bits per heavy atom. The number of anilines is 1. The maximum absolute atomic E-state index is 12.7. The molecule has 0 aliphatic carbocycles. The van der Waals surface area contributed by atoms with Crippen molar-refractivity contribution in [2.45, 2.75) is 32.6 Å². The summed E-state index contributed by atoms with van der Waals surface area (Å²) in [6, 6.07) is 12.1. The van der Waals surface area contributed by atoms with Crippen LogP contribution in [0.3, 0.4) is 0 Å². The summed E-state index contributed by atoms with van der Waals surface area (Å²) in [6.07, 6.45) is -4.36. The molecule has 6 heteroatoms. The fourth-order valence-electron chi connectivity index (χ4n) is 2.19. The van der Waals surface area contributed by atoms with Gasteiger partial charge in [-0.05, 0) is 38.1 Å². The quantitative estimate of drug-likeness (QED) is 0.865. The van der Waals surface area contributed by atoms with Gasteiger partial charge in [0.05, 0.1) is 5.56 Å². The summed E-state index contributed by atoms with van der Waals surface area (Å²) in [7, 11) is 0. The Morgan fingerprint density at radius 2 is 1.83 bits per heavy atom. The third-order valence-corrected chi connectivity index (χ3v) is 3.69. The molecule has 0 saturated heterocycles. The first kappa shape index (κ1) is 18.0. The van der Waals surface area contributed by atoms with E-state index in [0.717, 1.165) is 17.7 Å². The highest BCUT2D eigenvalue weighted by Gasteiger charge is 2.30. The number of quaternary nitrogens is 1. The van der Waals surface area contributed by atoms with E-state index in [0.29, 0.717) is 17.8 Å². The van der Waals surface area contributed by atoms with E-state index >= 15 is 0 Å². The van der Waals surface area contributed by atoms with E-state index in [2.05, 4.69) is 5.32 Å². The molecule has 3 nitrogen and oxygen atoms in total. The summed E-state index contributed by atoms with van der Waals surface area (Å²) in [5.74, 6) is -0.189. The molecule has 0 aliphatic rings. The Balaban J connectivity index is 1.91. The van der Waals surface area contributed by atoms with Crippen LogP contribution in [-0.2, 0) is 17.5 Å². The number of rotatable bonds is 5. The van der Waals surface area contributed by atoms with Gasteiger partial charge in [-0.2, -0.15) is 13.2 Å². The summed E-state index contributed by atoms with van der Waals surface area (Å²) in [5, 5.41) is 4.50. The van der Waals surface area contributed by atoms with Crippen molar-refractivity contribution in [3.8, 4) is 0 Å². The predicted molar refractivity (Wildman–Crippen MR) is 86.3 cm³/mol. The van der Waals surface area contributed by atoms with Gasteiger partial charge in [-0.25, -0.2) is 0 Å². The molecule has 0 spiro atoms. The molecule has 2 rings (SSSR count). The maximum atomic E-state index is 12.7. The first-order valence-corrected chi connectivity index (χ1v) is 7.62. The zero-order chi connectivity index (χ0) is 17.7. The Kier molecular flexibility index (Phi) is 5.62. The third kappa shape index (κ3) is 5.09. The van der Waals surface area contributed by atoms with Gasteiger partial charge in [0.15, 0.2) is 6.04 Å². The van der Waals surface area contributed by atoms with E-state index in [-0.39, 0.29) is 5.91 Å². The smallest absolute Gasteiger partial charge is 0.333 e. The van der Waals surface area contributed by atoms with Crippen molar-refractivity contribution in [2.24, 2.45) is 0 Å². The zero-order valence-corrected chi connectivity index (χ0v) is 13.5. The zero-order valence-electron chi connectivity index (χ0n) is 13.5. The van der Waals surface area contributed by atoms with Crippen molar-refractivity contribution in [1.82, 2.24) is 0 Å². The summed E-state index contributed by atoms with van der Waals surface area (Å²) in [6.45, 7) is 3.97. The number of carbonyl (C=O) groups is 1. The molecule has 0 unspecified atom stereocenters. The lowest BCUT2D eigenvalue weighted by atomic mass is 10.1. The Labute approximate surface area is 138 Å². The topological polar surface area (TPSA) is 45.7 Å². The second-order valence-electron chi connectivity index (χ2n) is 5.78. The van der Waals surface area contributed by atoms with Gasteiger partial charge in [0.25, 0.3) is 5.91 Å². The van der Waals surface area contributed by atoms with Crippen LogP contribution < -0.4 is 10.6 Å². The van der Waals surface area contributed by atoms with Gasteiger partial charge < -0.3 is 10.6 Å². The van der Waals surface area contributed by atoms with Crippen molar-refractivity contribution < 1.29 is 23.3 Å². The van der Waals surface area contributed by atoms with Crippen molar-refractivity contribution in [3.05, 3.63) is 65.2 Å². The summed E-state index contributed by atoms with van der Waals surface area (Å²) in [5.41, 5.74) is 1.65. The van der Waals surface area contributed by atoms with E-state index < -0.39 is 17.8 Å². The highest BCUT2D eigenvalue weighted by molar-refractivity contribution is 5.93. The molecular weight excluding hydrogens is 317 g/mol. The van der Waals surface area contributed by atoms with Crippen molar-refractivity contribution >= 4 is 11.6 Å². The number of aryl methyl sites for hydroxylation is 1. The SMILES string of the molecule is Cc1ccc(NC(=O)[C@@H](C)[NH2+]Cc2cccc(C(F)(F)F)c2)cc1. The van der Waals surface area contributed by atoms with Gasteiger partial charge in [0.2, 0.25) is 0 Å². The van der Waals surface area contributed by atoms with Gasteiger partial charge >= 0.3 is 6.18 Å². The number of carbonyl (C=O) groups excluding carboxylic acids is 1. The average Bonchev–Trinajstić information content (AvgIpc) is 2.54. The number of halogens is 3. The molecule has 0 fully saturated rings. The average molecular weight is 337 g/mol. The van der Waals surface area contributed by atoms with Gasteiger partial charge in [0.1, 0.15) is 6.54 Å². The van der Waals surface area contributed by atoms with Crippen LogP contribution in [0.15, 0.2) is 48.5 Å². The second-order valence-corrected chi connectivity index (χ2v) is 5.78. The summed E-state index contributed by atoms with van der Waals surface area (Å²) >= 11 is 0. The molecule has 0 aliphatic heterocycles. The molecule has 1 atom stereocenters. The van der Waals surface area contributed by atoms with Crippen LogP contribution in [0.5, 0.6) is 0 Å². The molecule has 0 heterocycles. The number of amides is 1. The number of benzene rings is 2. The van der Waals surface area contributed by atoms with E-state index in [1.165, 1.54) is 6.07 Å². The minimum absolute atomic E-state index is 0.189. The van der Waals surface area contributed by atoms with Gasteiger partial charge in [-0.1, -0.05) is 29.8 Å². The number of nitrogens with two attached hydrogens (primary N) is 1. The van der Waals surface area contributed by atoms with Crippen LogP contribution in [-0.4, -0.2) is 11.9 Å². The fourth-order valence-corrected chi connectivity index (χ4v) is 2.19. The molecule has 0 radical (unpaired) electrons. The van der Waals surface area contributed by atoms with Gasteiger partial charge in [-0.15, -0.1) is 0 Å². The molecule has 128 valence electrons. The maximum Gasteiger partial charge on any atom is 0.416 e. The van der Waals surface area contributed by atoms with E-state index in [4.69, 9.17) is 0 Å². The third-order valence-electron chi connectivity index (χ3n) is 3.69. The van der Waals surface area contributed by atoms with Crippen LogP contribution in [0.2, 0.25) is 0 Å². The minimum Gasteiger partial charge on any atom is -0.333 e. The van der Waals surface area contributed by atoms with Crippen LogP contribution in [0.4, 0.5) is 18.9 Å². The molecule has 0 aromatic heterocycles. The first-order chi connectivity index (χ1) is 11.3. The van der Waals surface area contributed by atoms with Crippen LogP contribution >= 0.6 is 0 Å². The number of hydrogen-bond donors (Lipinski definition) is 2. The van der Waals surface area contributed by atoms with E-state index in [1.807, 2.05) is 31.2 Å². The molecular formula is C18H20F3N2O+. The molecule has 1 amide bonds. The fraction of sp³-hybridized carbons (Fsp3) is 0.278. The van der Waals surface area contributed by atoms with Gasteiger partial charge in [-0.3, -0.25) is 4.79 Å². The summed E-state index contributed by atoms with van der Waals surface area (Å²) < 4.78 is 38.1. The lowest BCUT2D eigenvalue weighted by molar-refractivity contribution is -0.688. The standard InChI is InChI=1S/C18H19F3N2O/c1-12-6-8-16(9-7-12)23-17(24)13(2)22-11-14-4-3-5-15(10-14)18(19,20)21/h3-10,13,22H,11H2,1-2H3,(H,23,24)/p+1/t13-/m1/s1. The van der Waals surface area contributed by atoms with E-state index in [9.17, 15) is 18.0 Å². The Bertz CT molecular complexity index is 696. The normalized spacial score (nSPS) is 12.7. The lowest BCUT2D eigenvalue weighted by Crippen LogP contribution is -2.90. The monoisotopic (exact) mass is 337 g/mol. The molecule has 0 bridgehead atoms. The lowest BCUT2D eigenvalue weighted by Gasteiger charge is -2.12. The minimum atomic E-state index is -4.36. The van der Waals surface area contributed by atoms with Crippen LogP contribution in [0.1, 0.15) is 23.6 Å². The van der Waals surface area contributed by atoms with Crippen LogP contribution in [0.25, 0.3) is 0 Å². The number of nitrogens with one attached hydrogen (secondary N) is 1. The second kappa shape index (κ2) is 7.49. The predicted octanol–water partition coefficient (Wildman–Crippen LogP) is 3.10. The molecule has 24 heavy (non-hydrogen) atoms. The van der Waals surface area contributed by atoms with E-state index in [1.54, 1.807) is 18.3 Å². The largest absolute Gasteiger partial charge is 0.416 e.